The molecule has 5 heterocycles. The smallest absolute Gasteiger partial charge is 0.391 e. The summed E-state index contributed by atoms with van der Waals surface area (Å²) >= 11 is 1.55. The number of anilines is 3. The van der Waals surface area contributed by atoms with Crippen molar-refractivity contribution < 1.29 is 65.2 Å². The first-order valence-corrected chi connectivity index (χ1v) is 29.9. The van der Waals surface area contributed by atoms with E-state index in [1.54, 1.807) is 21.7 Å². The zero-order chi connectivity index (χ0) is 62.7. The number of ether oxygens (including phenoxy) is 3. The lowest BCUT2D eigenvalue weighted by molar-refractivity contribution is -0.144. The number of amides is 5. The number of piperazine rings is 2. The Morgan fingerprint density at radius 3 is 2.02 bits per heavy atom. The number of β-amino-alcohol motifs (C(OH)–C–C–N with tert-alkyl or cyclic N) is 1. The Bertz CT molecular complexity index is 3190. The van der Waals surface area contributed by atoms with Crippen LogP contribution >= 0.6 is 11.3 Å². The van der Waals surface area contributed by atoms with Crippen molar-refractivity contribution in [3.8, 4) is 21.6 Å². The lowest BCUT2D eigenvalue weighted by Gasteiger charge is -2.44. The van der Waals surface area contributed by atoms with E-state index in [-0.39, 0.29) is 119 Å². The molecule has 470 valence electrons. The lowest BCUT2D eigenvalue weighted by atomic mass is 9.85. The van der Waals surface area contributed by atoms with E-state index >= 15 is 4.39 Å². The van der Waals surface area contributed by atoms with Crippen LogP contribution in [0.2, 0.25) is 0 Å². The number of aryl methyl sites for hydroxylation is 1. The van der Waals surface area contributed by atoms with E-state index in [9.17, 15) is 46.6 Å². The molecule has 3 aliphatic heterocycles. The first-order chi connectivity index (χ1) is 41.4. The molecule has 26 heteroatoms. The van der Waals surface area contributed by atoms with Crippen LogP contribution in [0.1, 0.15) is 81.1 Å². The molecule has 0 aliphatic carbocycles. The Balaban J connectivity index is 0.719. The van der Waals surface area contributed by atoms with Gasteiger partial charge in [-0.05, 0) is 74.7 Å². The number of hydrogen-bond donors (Lipinski definition) is 4. The highest BCUT2D eigenvalue weighted by atomic mass is 32.1. The fourth-order valence-corrected chi connectivity index (χ4v) is 11.5. The maximum absolute atomic E-state index is 16.2. The number of thiazole rings is 1. The van der Waals surface area contributed by atoms with Crippen molar-refractivity contribution in [1.82, 2.24) is 40.3 Å². The minimum absolute atomic E-state index is 0.0138. The molecule has 3 aliphatic rings. The molecule has 0 saturated carbocycles. The number of nitrogens with zero attached hydrogens (tertiary/aromatic N) is 8. The van der Waals surface area contributed by atoms with Gasteiger partial charge in [0.2, 0.25) is 29.6 Å². The van der Waals surface area contributed by atoms with E-state index in [0.717, 1.165) is 33.8 Å². The second-order valence-corrected chi connectivity index (χ2v) is 24.0. The topological polar surface area (TPSA) is 224 Å². The van der Waals surface area contributed by atoms with E-state index in [4.69, 9.17) is 14.2 Å². The highest BCUT2D eigenvalue weighted by molar-refractivity contribution is 7.13. The molecule has 3 fully saturated rings. The number of rotatable bonds is 23. The monoisotopic (exact) mass is 1230 g/mol. The summed E-state index contributed by atoms with van der Waals surface area (Å²) in [5, 5.41) is 18.9. The highest BCUT2D eigenvalue weighted by Gasteiger charge is 2.45. The largest absolute Gasteiger partial charge is 0.417 e. The van der Waals surface area contributed by atoms with E-state index in [2.05, 4.69) is 35.8 Å². The van der Waals surface area contributed by atoms with Crippen LogP contribution in [0.25, 0.3) is 21.6 Å². The number of aromatic nitrogens is 3. The Hall–Kier alpha value is -7.23. The average molecular weight is 1230 g/mol. The van der Waals surface area contributed by atoms with Crippen molar-refractivity contribution in [2.24, 2.45) is 5.41 Å². The third-order valence-corrected chi connectivity index (χ3v) is 16.8. The second-order valence-electron chi connectivity index (χ2n) is 23.2. The van der Waals surface area contributed by atoms with Gasteiger partial charge in [-0.15, -0.1) is 11.3 Å². The number of likely N-dealkylation sites (tertiary alicyclic amines) is 1. The van der Waals surface area contributed by atoms with Crippen LogP contribution in [-0.2, 0) is 46.1 Å². The summed E-state index contributed by atoms with van der Waals surface area (Å²) in [4.78, 5) is 90.5. The molecule has 5 amide bonds. The summed E-state index contributed by atoms with van der Waals surface area (Å²) in [6.45, 7) is 15.1. The van der Waals surface area contributed by atoms with Crippen LogP contribution in [0.5, 0.6) is 0 Å². The second kappa shape index (κ2) is 29.2. The zero-order valence-corrected chi connectivity index (χ0v) is 50.7. The normalized spacial score (nSPS) is 18.9. The number of halogens is 5. The predicted octanol–water partition coefficient (Wildman–Crippen LogP) is 6.94. The molecule has 5 aromatic rings. The Morgan fingerprint density at radius 2 is 1.41 bits per heavy atom. The first kappa shape index (κ1) is 65.7. The average Bonchev–Trinajstić information content (AvgIpc) is 1.83. The van der Waals surface area contributed by atoms with Crippen LogP contribution in [0.3, 0.4) is 0 Å². The van der Waals surface area contributed by atoms with Crippen LogP contribution in [-0.4, -0.2) is 187 Å². The number of hydrogen-bond acceptors (Lipinski definition) is 16. The van der Waals surface area contributed by atoms with Crippen LogP contribution < -0.4 is 25.8 Å². The fraction of sp³-hybridized carbons (Fsp3) is 0.508. The number of alkyl halides is 3. The molecule has 8 rings (SSSR count). The molecule has 87 heavy (non-hydrogen) atoms. The molecule has 1 unspecified atom stereocenters. The van der Waals surface area contributed by atoms with Crippen molar-refractivity contribution >= 4 is 58.2 Å². The molecule has 5 atom stereocenters. The fourth-order valence-electron chi connectivity index (χ4n) is 10.7. The molecule has 3 aromatic carbocycles. The molecule has 4 N–H and O–H groups in total. The number of nitrogens with one attached hydrogen (secondary N) is 3. The summed E-state index contributed by atoms with van der Waals surface area (Å²) < 4.78 is 88.9. The van der Waals surface area contributed by atoms with E-state index < -0.39 is 76.2 Å². The van der Waals surface area contributed by atoms with Crippen molar-refractivity contribution in [1.29, 1.82) is 0 Å². The van der Waals surface area contributed by atoms with Crippen LogP contribution in [0, 0.1) is 24.0 Å². The highest BCUT2D eigenvalue weighted by Crippen LogP contribution is 2.38. The van der Waals surface area contributed by atoms with Gasteiger partial charge in [-0.2, -0.15) is 13.2 Å². The van der Waals surface area contributed by atoms with Crippen molar-refractivity contribution in [2.75, 3.05) is 108 Å². The Labute approximate surface area is 506 Å². The van der Waals surface area contributed by atoms with Gasteiger partial charge in [0.1, 0.15) is 23.7 Å². The summed E-state index contributed by atoms with van der Waals surface area (Å²) in [5.74, 6) is -4.02. The minimum atomic E-state index is -5.03. The van der Waals surface area contributed by atoms with E-state index in [1.165, 1.54) is 29.4 Å². The van der Waals surface area contributed by atoms with Crippen molar-refractivity contribution in [3.63, 3.8) is 0 Å². The quantitative estimate of drug-likeness (QED) is 0.0384. The molecule has 3 saturated heterocycles. The molecule has 0 spiro atoms. The minimum Gasteiger partial charge on any atom is -0.391 e. The van der Waals surface area contributed by atoms with Gasteiger partial charge in [0.05, 0.1) is 90.7 Å². The molecular weight excluding hydrogens is 1160 g/mol. The molecule has 0 radical (unpaired) electrons. The Kier molecular flexibility index (Phi) is 22.1. The van der Waals surface area contributed by atoms with Crippen LogP contribution in [0.15, 0.2) is 72.5 Å². The number of carbonyl (C=O) groups is 5. The molecular formula is C61H76F5N11O9S. The zero-order valence-electron chi connectivity index (χ0n) is 49.9. The van der Waals surface area contributed by atoms with Gasteiger partial charge in [-0.3, -0.25) is 28.9 Å². The molecule has 20 nitrogen and oxygen atoms in total. The number of likely N-dealkylation sites (N-methyl/N-ethyl adjacent to an activating group) is 1. The molecule has 0 bridgehead atoms. The molecule has 2 aromatic heterocycles. The van der Waals surface area contributed by atoms with Crippen molar-refractivity contribution in [2.45, 2.75) is 104 Å². The van der Waals surface area contributed by atoms with Crippen molar-refractivity contribution in [3.05, 3.63) is 107 Å². The van der Waals surface area contributed by atoms with E-state index in [1.807, 2.05) is 82.7 Å². The number of benzene rings is 3. The van der Waals surface area contributed by atoms with Crippen LogP contribution in [0.4, 0.5) is 39.3 Å². The standard InChI is InChI=1S/C61H76F5N11O9S/c1-37-33-76(34-38(2)73(37)7)50-29-48(63)46(28-49(50)71-56(81)45-13-12-43(62)26-47(45)61(64,65)66)42-31-68-59(69-32-42)75-18-16-74(17-19-75)53(80)15-21-85-23-25-86-24-22-84-20-14-52(79)72-55(60(4,5)6)58(83)77-35-44(78)27-51(77)57(82)67-30-40-8-10-41(11-9-40)54-39(3)70-36-87-54/h8-13,26,28-29,31-32,36-38,44,51,55,78H,14-25,27,30,33-35H2,1-7H3,(H,67,82)(H,71,81)(H,72,79)/t37-,38+,44-,51+,55?/m1/s1. The predicted molar refractivity (Wildman–Crippen MR) is 318 cm³/mol. The SMILES string of the molecule is Cc1ncsc1-c1ccc(CNC(=O)[C@@H]2C[C@@H](O)CN2C(=O)C(NC(=O)CCOCCOCCOCCC(=O)N2CCN(c3ncc(-c4cc(NC(=O)c5ccc(F)cc5C(F)(F)F)c(N5C[C@@H](C)N(C)[C@@H](C)C5)cc4F)cn3)CC2)C(C)(C)C)cc1. The van der Waals surface area contributed by atoms with Gasteiger partial charge in [-0.1, -0.05) is 45.0 Å². The number of carbonyl (C=O) groups excluding carboxylic acids is 5. The Morgan fingerprint density at radius 1 is 0.782 bits per heavy atom. The van der Waals surface area contributed by atoms with Gasteiger partial charge in [0.25, 0.3) is 5.91 Å². The van der Waals surface area contributed by atoms with Gasteiger partial charge in [0.15, 0.2) is 0 Å². The van der Waals surface area contributed by atoms with Gasteiger partial charge in [0, 0.05) is 101 Å². The third-order valence-electron chi connectivity index (χ3n) is 15.8. The maximum atomic E-state index is 16.2. The summed E-state index contributed by atoms with van der Waals surface area (Å²) in [6.07, 6.45) is -2.92. The number of aliphatic hydroxyl groups excluding tert-OH is 1. The summed E-state index contributed by atoms with van der Waals surface area (Å²) in [7, 11) is 1.96. The van der Waals surface area contributed by atoms with Gasteiger partial charge < -0.3 is 54.9 Å². The first-order valence-electron chi connectivity index (χ1n) is 29.0. The van der Waals surface area contributed by atoms with E-state index in [0.29, 0.717) is 45.2 Å². The summed E-state index contributed by atoms with van der Waals surface area (Å²) in [6, 6.07) is 10.3. The maximum Gasteiger partial charge on any atom is 0.417 e. The van der Waals surface area contributed by atoms with Gasteiger partial charge in [-0.25, -0.2) is 23.7 Å². The number of aliphatic hydroxyl groups is 1. The van der Waals surface area contributed by atoms with Gasteiger partial charge >= 0.3 is 6.18 Å². The third kappa shape index (κ3) is 17.1. The lowest BCUT2D eigenvalue weighted by Crippen LogP contribution is -2.57. The summed E-state index contributed by atoms with van der Waals surface area (Å²) in [5.41, 5.74) is 2.20.